The van der Waals surface area contributed by atoms with E-state index in [0.717, 1.165) is 16.5 Å². The fourth-order valence-electron chi connectivity index (χ4n) is 1.72. The molecule has 0 radical (unpaired) electrons. The predicted molar refractivity (Wildman–Crippen MR) is 70.0 cm³/mol. The van der Waals surface area contributed by atoms with E-state index in [1.807, 2.05) is 30.3 Å². The van der Waals surface area contributed by atoms with Crippen molar-refractivity contribution in [2.75, 3.05) is 6.61 Å². The molecule has 0 unspecified atom stereocenters. The van der Waals surface area contributed by atoms with Crippen LogP contribution in [0.2, 0.25) is 0 Å². The van der Waals surface area contributed by atoms with E-state index in [4.69, 9.17) is 10.5 Å². The molecule has 0 aliphatic carbocycles. The number of pyridine rings is 1. The predicted octanol–water partition coefficient (Wildman–Crippen LogP) is 2.73. The minimum Gasteiger partial charge on any atom is -0.477 e. The van der Waals surface area contributed by atoms with Crippen molar-refractivity contribution < 1.29 is 4.74 Å². The fraction of sp³-hybridized carbons (Fsp3) is 0.357. The van der Waals surface area contributed by atoms with Crippen molar-refractivity contribution in [2.24, 2.45) is 11.7 Å². The third-order valence-corrected chi connectivity index (χ3v) is 2.56. The Morgan fingerprint density at radius 3 is 2.76 bits per heavy atom. The highest BCUT2D eigenvalue weighted by molar-refractivity contribution is 5.82. The smallest absolute Gasteiger partial charge is 0.214 e. The average molecular weight is 230 g/mol. The van der Waals surface area contributed by atoms with E-state index in [9.17, 15) is 0 Å². The van der Waals surface area contributed by atoms with Crippen LogP contribution in [0.1, 0.15) is 19.4 Å². The lowest BCUT2D eigenvalue weighted by molar-refractivity contribution is 0.262. The lowest BCUT2D eigenvalue weighted by Gasteiger charge is -2.10. The first-order valence-electron chi connectivity index (χ1n) is 5.92. The highest BCUT2D eigenvalue weighted by atomic mass is 16.5. The number of fused-ring (bicyclic) bond motifs is 1. The number of hydrogen-bond acceptors (Lipinski definition) is 3. The lowest BCUT2D eigenvalue weighted by atomic mass is 10.1. The van der Waals surface area contributed by atoms with Crippen LogP contribution in [0.5, 0.6) is 5.88 Å². The third-order valence-electron chi connectivity index (χ3n) is 2.56. The van der Waals surface area contributed by atoms with Gasteiger partial charge in [-0.05, 0) is 17.5 Å². The van der Waals surface area contributed by atoms with E-state index in [0.29, 0.717) is 24.9 Å². The molecule has 0 amide bonds. The van der Waals surface area contributed by atoms with Gasteiger partial charge in [-0.25, -0.2) is 4.98 Å². The molecule has 0 atom stereocenters. The minimum atomic E-state index is 0.490. The molecule has 0 aliphatic heterocycles. The molecule has 90 valence electrons. The maximum atomic E-state index is 5.76. The SMILES string of the molecule is CC(C)COc1cc(CN)c2ccccc2n1. The van der Waals surface area contributed by atoms with Gasteiger partial charge in [0, 0.05) is 18.0 Å². The van der Waals surface area contributed by atoms with Crippen molar-refractivity contribution in [3.8, 4) is 5.88 Å². The van der Waals surface area contributed by atoms with Gasteiger partial charge in [-0.3, -0.25) is 0 Å². The Morgan fingerprint density at radius 1 is 1.29 bits per heavy atom. The van der Waals surface area contributed by atoms with Crippen LogP contribution in [0.25, 0.3) is 10.9 Å². The van der Waals surface area contributed by atoms with Crippen LogP contribution in [0.3, 0.4) is 0 Å². The van der Waals surface area contributed by atoms with E-state index < -0.39 is 0 Å². The molecule has 0 aliphatic rings. The van der Waals surface area contributed by atoms with Crippen LogP contribution >= 0.6 is 0 Å². The van der Waals surface area contributed by atoms with E-state index >= 15 is 0 Å². The van der Waals surface area contributed by atoms with Gasteiger partial charge >= 0.3 is 0 Å². The summed E-state index contributed by atoms with van der Waals surface area (Å²) in [7, 11) is 0. The molecule has 0 fully saturated rings. The molecule has 0 saturated heterocycles. The first-order chi connectivity index (χ1) is 8.20. The van der Waals surface area contributed by atoms with Gasteiger partial charge in [-0.2, -0.15) is 0 Å². The topological polar surface area (TPSA) is 48.1 Å². The first-order valence-corrected chi connectivity index (χ1v) is 5.92. The molecule has 3 heteroatoms. The Hall–Kier alpha value is -1.61. The number of para-hydroxylation sites is 1. The Kier molecular flexibility index (Phi) is 3.59. The zero-order valence-electron chi connectivity index (χ0n) is 10.3. The van der Waals surface area contributed by atoms with Gasteiger partial charge in [0.05, 0.1) is 12.1 Å². The molecule has 0 saturated carbocycles. The Balaban J connectivity index is 2.38. The molecule has 1 aromatic carbocycles. The number of ether oxygens (including phenoxy) is 1. The molecule has 0 spiro atoms. The average Bonchev–Trinajstić information content (AvgIpc) is 2.35. The summed E-state index contributed by atoms with van der Waals surface area (Å²) in [4.78, 5) is 4.48. The van der Waals surface area contributed by atoms with Crippen LogP contribution in [0.15, 0.2) is 30.3 Å². The Bertz CT molecular complexity index is 509. The van der Waals surface area contributed by atoms with Gasteiger partial charge < -0.3 is 10.5 Å². The van der Waals surface area contributed by atoms with Crippen molar-refractivity contribution in [3.63, 3.8) is 0 Å². The minimum absolute atomic E-state index is 0.490. The van der Waals surface area contributed by atoms with Crippen LogP contribution in [0.4, 0.5) is 0 Å². The van der Waals surface area contributed by atoms with Crippen molar-refractivity contribution in [1.29, 1.82) is 0 Å². The number of nitrogens with two attached hydrogens (primary N) is 1. The summed E-state index contributed by atoms with van der Waals surface area (Å²) < 4.78 is 5.65. The van der Waals surface area contributed by atoms with E-state index in [-0.39, 0.29) is 0 Å². The number of aromatic nitrogens is 1. The lowest BCUT2D eigenvalue weighted by Crippen LogP contribution is -2.07. The molecular weight excluding hydrogens is 212 g/mol. The van der Waals surface area contributed by atoms with Crippen LogP contribution < -0.4 is 10.5 Å². The van der Waals surface area contributed by atoms with E-state index in [2.05, 4.69) is 18.8 Å². The number of benzene rings is 1. The standard InChI is InChI=1S/C14H18N2O/c1-10(2)9-17-14-7-11(8-15)12-5-3-4-6-13(12)16-14/h3-7,10H,8-9,15H2,1-2H3. The maximum absolute atomic E-state index is 5.76. The monoisotopic (exact) mass is 230 g/mol. The normalized spacial score (nSPS) is 11.1. The summed E-state index contributed by atoms with van der Waals surface area (Å²) in [6.07, 6.45) is 0. The first kappa shape index (κ1) is 11.9. The molecule has 2 aromatic rings. The number of nitrogens with zero attached hydrogens (tertiary/aromatic N) is 1. The summed E-state index contributed by atoms with van der Waals surface area (Å²) in [6, 6.07) is 9.93. The van der Waals surface area contributed by atoms with E-state index in [1.165, 1.54) is 0 Å². The van der Waals surface area contributed by atoms with Crippen molar-refractivity contribution >= 4 is 10.9 Å². The summed E-state index contributed by atoms with van der Waals surface area (Å²) in [5.74, 6) is 1.16. The van der Waals surface area contributed by atoms with Crippen molar-refractivity contribution in [1.82, 2.24) is 4.98 Å². The highest BCUT2D eigenvalue weighted by Crippen LogP contribution is 2.21. The molecule has 3 nitrogen and oxygen atoms in total. The number of hydrogen-bond donors (Lipinski definition) is 1. The van der Waals surface area contributed by atoms with Crippen LogP contribution in [-0.4, -0.2) is 11.6 Å². The second kappa shape index (κ2) is 5.15. The van der Waals surface area contributed by atoms with Crippen molar-refractivity contribution in [2.45, 2.75) is 20.4 Å². The Labute approximate surface area is 102 Å². The van der Waals surface area contributed by atoms with Crippen molar-refractivity contribution in [3.05, 3.63) is 35.9 Å². The second-order valence-electron chi connectivity index (χ2n) is 4.55. The van der Waals surface area contributed by atoms with Gasteiger partial charge in [0.25, 0.3) is 0 Å². The summed E-state index contributed by atoms with van der Waals surface area (Å²) in [5, 5.41) is 1.10. The molecule has 2 N–H and O–H groups in total. The molecule has 0 bridgehead atoms. The second-order valence-corrected chi connectivity index (χ2v) is 4.55. The van der Waals surface area contributed by atoms with Gasteiger partial charge in [-0.1, -0.05) is 32.0 Å². The summed E-state index contributed by atoms with van der Waals surface area (Å²) in [6.45, 7) is 5.41. The van der Waals surface area contributed by atoms with Gasteiger partial charge in [0.1, 0.15) is 0 Å². The highest BCUT2D eigenvalue weighted by Gasteiger charge is 2.05. The molecule has 1 heterocycles. The molecule has 17 heavy (non-hydrogen) atoms. The third kappa shape index (κ3) is 2.74. The summed E-state index contributed by atoms with van der Waals surface area (Å²) >= 11 is 0. The zero-order chi connectivity index (χ0) is 12.3. The maximum Gasteiger partial charge on any atom is 0.214 e. The Morgan fingerprint density at radius 2 is 2.06 bits per heavy atom. The molecular formula is C14H18N2O. The zero-order valence-corrected chi connectivity index (χ0v) is 10.3. The largest absolute Gasteiger partial charge is 0.477 e. The molecule has 2 rings (SSSR count). The van der Waals surface area contributed by atoms with Gasteiger partial charge in [0.15, 0.2) is 0 Å². The number of rotatable bonds is 4. The van der Waals surface area contributed by atoms with Crippen LogP contribution in [-0.2, 0) is 6.54 Å². The van der Waals surface area contributed by atoms with Gasteiger partial charge in [-0.15, -0.1) is 0 Å². The fourth-order valence-corrected chi connectivity index (χ4v) is 1.72. The van der Waals surface area contributed by atoms with Crippen LogP contribution in [0, 0.1) is 5.92 Å². The van der Waals surface area contributed by atoms with E-state index in [1.54, 1.807) is 0 Å². The quantitative estimate of drug-likeness (QED) is 0.878. The molecule has 1 aromatic heterocycles. The summed E-state index contributed by atoms with van der Waals surface area (Å²) in [5.41, 5.74) is 7.77. The van der Waals surface area contributed by atoms with Gasteiger partial charge in [0.2, 0.25) is 5.88 Å².